The summed E-state index contributed by atoms with van der Waals surface area (Å²) in [5, 5.41) is 5.82. The van der Waals surface area contributed by atoms with Gasteiger partial charge in [-0.1, -0.05) is 23.4 Å². The van der Waals surface area contributed by atoms with E-state index in [-0.39, 0.29) is 0 Å². The minimum Gasteiger partial charge on any atom is -0.334 e. The predicted molar refractivity (Wildman–Crippen MR) is 79.2 cm³/mol. The zero-order valence-corrected chi connectivity index (χ0v) is 12.3. The van der Waals surface area contributed by atoms with E-state index in [0.717, 1.165) is 32.8 Å². The highest BCUT2D eigenvalue weighted by molar-refractivity contribution is 9.10. The van der Waals surface area contributed by atoms with E-state index in [4.69, 9.17) is 11.6 Å². The summed E-state index contributed by atoms with van der Waals surface area (Å²) >= 11 is 11.3. The van der Waals surface area contributed by atoms with Crippen molar-refractivity contribution < 1.29 is 0 Å². The van der Waals surface area contributed by atoms with Crippen LogP contribution in [0.4, 0.5) is 5.69 Å². The van der Waals surface area contributed by atoms with Crippen LogP contribution in [0.5, 0.6) is 0 Å². The van der Waals surface area contributed by atoms with Crippen molar-refractivity contribution in [1.29, 1.82) is 0 Å². The van der Waals surface area contributed by atoms with E-state index < -0.39 is 0 Å². The molecule has 0 spiro atoms. The molecule has 1 fully saturated rings. The molecule has 5 heteroatoms. The van der Waals surface area contributed by atoms with E-state index in [1.807, 2.05) is 30.0 Å². The number of rotatable bonds is 2. The van der Waals surface area contributed by atoms with Gasteiger partial charge < -0.3 is 5.32 Å². The van der Waals surface area contributed by atoms with Gasteiger partial charge in [0.15, 0.2) is 5.17 Å². The fourth-order valence-corrected chi connectivity index (χ4v) is 3.88. The Balaban J connectivity index is 1.66. The number of nitrogens with zero attached hydrogens (tertiary/aromatic N) is 1. The molecule has 1 aromatic rings. The second kappa shape index (κ2) is 4.82. The maximum atomic E-state index is 5.91. The van der Waals surface area contributed by atoms with Crippen molar-refractivity contribution in [3.05, 3.63) is 27.7 Å². The largest absolute Gasteiger partial charge is 0.334 e. The molecule has 1 saturated carbocycles. The first-order chi connectivity index (χ1) is 8.22. The molecule has 2 nitrogen and oxygen atoms in total. The Morgan fingerprint density at radius 3 is 2.94 bits per heavy atom. The number of halogens is 2. The Labute approximate surface area is 118 Å². The third-order valence-corrected chi connectivity index (χ3v) is 5.18. The summed E-state index contributed by atoms with van der Waals surface area (Å²) in [7, 11) is 0. The summed E-state index contributed by atoms with van der Waals surface area (Å²) in [6, 6.07) is 5.75. The summed E-state index contributed by atoms with van der Waals surface area (Å²) in [6.45, 7) is 0.961. The third-order valence-electron chi connectivity index (χ3n) is 3.00. The molecule has 1 N–H and O–H groups in total. The number of thioether (sulfide) groups is 1. The van der Waals surface area contributed by atoms with Gasteiger partial charge in [-0.15, -0.1) is 0 Å². The summed E-state index contributed by atoms with van der Waals surface area (Å²) in [5.74, 6) is 0.900. The molecule has 1 unspecified atom stereocenters. The summed E-state index contributed by atoms with van der Waals surface area (Å²) in [5.41, 5.74) is 1.03. The SMILES string of the molecule is Clc1ccc(NC2=NCC(C3CC3)S2)c(Br)c1. The number of hydrogen-bond donors (Lipinski definition) is 1. The van der Waals surface area contributed by atoms with Crippen molar-refractivity contribution in [2.45, 2.75) is 18.1 Å². The predicted octanol–water partition coefficient (Wildman–Crippen LogP) is 4.40. The van der Waals surface area contributed by atoms with Crippen LogP contribution in [0.1, 0.15) is 12.8 Å². The highest BCUT2D eigenvalue weighted by Crippen LogP contribution is 2.42. The Bertz CT molecular complexity index is 474. The number of nitrogens with one attached hydrogen (secondary N) is 1. The average molecular weight is 332 g/mol. The van der Waals surface area contributed by atoms with Gasteiger partial charge in [-0.25, -0.2) is 0 Å². The molecule has 1 aromatic carbocycles. The van der Waals surface area contributed by atoms with Gasteiger partial charge in [0.05, 0.1) is 12.2 Å². The Kier molecular flexibility index (Phi) is 3.37. The van der Waals surface area contributed by atoms with E-state index in [1.165, 1.54) is 12.8 Å². The van der Waals surface area contributed by atoms with Crippen LogP contribution in [0, 0.1) is 5.92 Å². The normalized spacial score (nSPS) is 23.6. The molecule has 1 aliphatic heterocycles. The van der Waals surface area contributed by atoms with Crippen molar-refractivity contribution in [1.82, 2.24) is 0 Å². The highest BCUT2D eigenvalue weighted by atomic mass is 79.9. The lowest BCUT2D eigenvalue weighted by Gasteiger charge is -2.09. The van der Waals surface area contributed by atoms with E-state index in [2.05, 4.69) is 26.2 Å². The average Bonchev–Trinajstić information content (AvgIpc) is 3.04. The molecule has 0 saturated heterocycles. The lowest BCUT2D eigenvalue weighted by Crippen LogP contribution is -2.09. The molecule has 1 heterocycles. The molecule has 1 atom stereocenters. The Hall–Kier alpha value is -0.190. The van der Waals surface area contributed by atoms with Crippen LogP contribution >= 0.6 is 39.3 Å². The van der Waals surface area contributed by atoms with Crippen LogP contribution < -0.4 is 5.32 Å². The Morgan fingerprint density at radius 1 is 1.41 bits per heavy atom. The fraction of sp³-hybridized carbons (Fsp3) is 0.417. The van der Waals surface area contributed by atoms with Gasteiger partial charge in [-0.3, -0.25) is 4.99 Å². The van der Waals surface area contributed by atoms with Gasteiger partial charge in [0, 0.05) is 14.7 Å². The highest BCUT2D eigenvalue weighted by Gasteiger charge is 2.35. The number of aliphatic imine (C=N–C) groups is 1. The first-order valence-electron chi connectivity index (χ1n) is 5.65. The molecule has 0 bridgehead atoms. The van der Waals surface area contributed by atoms with Crippen molar-refractivity contribution in [3.8, 4) is 0 Å². The third kappa shape index (κ3) is 2.80. The molecular formula is C12H12BrClN2S. The van der Waals surface area contributed by atoms with E-state index in [0.29, 0.717) is 5.25 Å². The monoisotopic (exact) mass is 330 g/mol. The van der Waals surface area contributed by atoms with Crippen LogP contribution in [0.25, 0.3) is 0 Å². The van der Waals surface area contributed by atoms with E-state index in [1.54, 1.807) is 0 Å². The molecule has 0 amide bonds. The number of amidine groups is 1. The minimum atomic E-state index is 0.698. The molecule has 1 aliphatic carbocycles. The zero-order chi connectivity index (χ0) is 11.8. The number of benzene rings is 1. The number of hydrogen-bond acceptors (Lipinski definition) is 3. The minimum absolute atomic E-state index is 0.698. The van der Waals surface area contributed by atoms with Crippen LogP contribution in [0.15, 0.2) is 27.7 Å². The van der Waals surface area contributed by atoms with Crippen LogP contribution in [-0.4, -0.2) is 17.0 Å². The van der Waals surface area contributed by atoms with E-state index in [9.17, 15) is 0 Å². The van der Waals surface area contributed by atoms with Gasteiger partial charge in [0.25, 0.3) is 0 Å². The van der Waals surface area contributed by atoms with E-state index >= 15 is 0 Å². The molecule has 0 radical (unpaired) electrons. The molecule has 90 valence electrons. The lowest BCUT2D eigenvalue weighted by molar-refractivity contribution is 0.773. The van der Waals surface area contributed by atoms with Crippen molar-refractivity contribution in [2.24, 2.45) is 10.9 Å². The molecule has 2 aliphatic rings. The van der Waals surface area contributed by atoms with Crippen molar-refractivity contribution >= 4 is 50.1 Å². The second-order valence-corrected chi connectivity index (χ2v) is 6.91. The maximum absolute atomic E-state index is 5.91. The lowest BCUT2D eigenvalue weighted by atomic mass is 10.3. The molecule has 17 heavy (non-hydrogen) atoms. The quantitative estimate of drug-likeness (QED) is 0.869. The van der Waals surface area contributed by atoms with Gasteiger partial charge in [-0.05, 0) is 52.9 Å². The first-order valence-corrected chi connectivity index (χ1v) is 7.70. The zero-order valence-electron chi connectivity index (χ0n) is 9.12. The standard InChI is InChI=1S/C12H12BrClN2S/c13-9-5-8(14)3-4-10(9)16-12-15-6-11(17-12)7-1-2-7/h3-5,7,11H,1-2,6H2,(H,15,16). The van der Waals surface area contributed by atoms with Gasteiger partial charge >= 0.3 is 0 Å². The second-order valence-electron chi connectivity index (χ2n) is 4.39. The van der Waals surface area contributed by atoms with Gasteiger partial charge in [0.2, 0.25) is 0 Å². The van der Waals surface area contributed by atoms with Crippen molar-refractivity contribution in [3.63, 3.8) is 0 Å². The van der Waals surface area contributed by atoms with Crippen LogP contribution in [-0.2, 0) is 0 Å². The Morgan fingerprint density at radius 2 is 2.24 bits per heavy atom. The maximum Gasteiger partial charge on any atom is 0.161 e. The van der Waals surface area contributed by atoms with Gasteiger partial charge in [0.1, 0.15) is 0 Å². The smallest absolute Gasteiger partial charge is 0.161 e. The summed E-state index contributed by atoms with van der Waals surface area (Å²) < 4.78 is 0.975. The van der Waals surface area contributed by atoms with Gasteiger partial charge in [-0.2, -0.15) is 0 Å². The van der Waals surface area contributed by atoms with Crippen molar-refractivity contribution in [2.75, 3.05) is 11.9 Å². The number of anilines is 1. The summed E-state index contributed by atoms with van der Waals surface area (Å²) in [6.07, 6.45) is 2.76. The topological polar surface area (TPSA) is 24.4 Å². The van der Waals surface area contributed by atoms with Crippen LogP contribution in [0.2, 0.25) is 5.02 Å². The van der Waals surface area contributed by atoms with Crippen LogP contribution in [0.3, 0.4) is 0 Å². The fourth-order valence-electron chi connectivity index (χ4n) is 1.88. The molecular weight excluding hydrogens is 320 g/mol. The molecule has 0 aromatic heterocycles. The summed E-state index contributed by atoms with van der Waals surface area (Å²) in [4.78, 5) is 4.55. The molecule has 3 rings (SSSR count). The first kappa shape index (κ1) is 11.9.